The topological polar surface area (TPSA) is 89.2 Å². The minimum absolute atomic E-state index is 0.00291. The molecule has 2 aromatic carbocycles. The van der Waals surface area contributed by atoms with Gasteiger partial charge in [0.15, 0.2) is 5.76 Å². The van der Waals surface area contributed by atoms with Gasteiger partial charge in [0.2, 0.25) is 5.91 Å². The molecule has 0 radical (unpaired) electrons. The van der Waals surface area contributed by atoms with Gasteiger partial charge in [0.25, 0.3) is 5.91 Å². The van der Waals surface area contributed by atoms with Crippen molar-refractivity contribution < 1.29 is 18.4 Å². The van der Waals surface area contributed by atoms with E-state index in [4.69, 9.17) is 4.42 Å². The highest BCUT2D eigenvalue weighted by molar-refractivity contribution is 5.92. The summed E-state index contributed by atoms with van der Waals surface area (Å²) in [5.74, 6) is -0.128. The largest absolute Gasteiger partial charge is 0.459 e. The highest BCUT2D eigenvalue weighted by atomic mass is 19.1. The van der Waals surface area contributed by atoms with E-state index in [9.17, 15) is 14.0 Å². The predicted molar refractivity (Wildman–Crippen MR) is 114 cm³/mol. The van der Waals surface area contributed by atoms with Crippen LogP contribution < -0.4 is 10.6 Å². The summed E-state index contributed by atoms with van der Waals surface area (Å²) in [5, 5.41) is 5.41. The first-order valence-electron chi connectivity index (χ1n) is 9.92. The minimum atomic E-state index is -0.487. The second kappa shape index (κ2) is 9.25. The van der Waals surface area contributed by atoms with E-state index in [0.29, 0.717) is 19.4 Å². The van der Waals surface area contributed by atoms with Gasteiger partial charge >= 0.3 is 0 Å². The number of aryl methyl sites for hydroxylation is 1. The molecule has 2 heterocycles. The van der Waals surface area contributed by atoms with Crippen LogP contribution in [0.4, 0.5) is 10.1 Å². The molecule has 158 valence electrons. The van der Waals surface area contributed by atoms with Gasteiger partial charge in [-0.3, -0.25) is 9.59 Å². The van der Waals surface area contributed by atoms with Crippen LogP contribution in [0.5, 0.6) is 0 Å². The Morgan fingerprint density at radius 1 is 1.03 bits per heavy atom. The Morgan fingerprint density at radius 3 is 2.65 bits per heavy atom. The number of hydrogen-bond donors (Lipinski definition) is 2. The zero-order valence-corrected chi connectivity index (χ0v) is 16.7. The maximum atomic E-state index is 13.9. The van der Waals surface area contributed by atoms with Gasteiger partial charge in [-0.25, -0.2) is 9.37 Å². The van der Waals surface area contributed by atoms with Crippen molar-refractivity contribution in [2.24, 2.45) is 0 Å². The number of halogens is 1. The van der Waals surface area contributed by atoms with Crippen molar-refractivity contribution in [1.82, 2.24) is 14.9 Å². The average Bonchev–Trinajstić information content (AvgIpc) is 3.42. The Labute approximate surface area is 177 Å². The second-order valence-corrected chi connectivity index (χ2v) is 6.97. The number of imidazole rings is 1. The third kappa shape index (κ3) is 4.80. The average molecular weight is 420 g/mol. The Hall–Kier alpha value is -3.94. The first-order valence-corrected chi connectivity index (χ1v) is 9.92. The predicted octanol–water partition coefficient (Wildman–Crippen LogP) is 3.77. The lowest BCUT2D eigenvalue weighted by Crippen LogP contribution is -2.25. The maximum absolute atomic E-state index is 13.9. The molecule has 0 fully saturated rings. The number of hydrogen-bond acceptors (Lipinski definition) is 4. The molecule has 0 bridgehead atoms. The van der Waals surface area contributed by atoms with Crippen LogP contribution >= 0.6 is 0 Å². The number of nitrogens with zero attached hydrogens (tertiary/aromatic N) is 2. The Kier molecular flexibility index (Phi) is 6.07. The van der Waals surface area contributed by atoms with Gasteiger partial charge in [-0.1, -0.05) is 24.3 Å². The van der Waals surface area contributed by atoms with Gasteiger partial charge in [-0.2, -0.15) is 0 Å². The van der Waals surface area contributed by atoms with Crippen LogP contribution in [0.25, 0.3) is 11.0 Å². The number of carbonyl (C=O) groups excluding carboxylic acids is 2. The number of para-hydroxylation sites is 3. The molecule has 8 heteroatoms. The number of furan rings is 1. The molecule has 4 aromatic rings. The van der Waals surface area contributed by atoms with Crippen LogP contribution in [0.15, 0.2) is 71.3 Å². The van der Waals surface area contributed by atoms with E-state index in [1.54, 1.807) is 24.3 Å². The number of amides is 2. The molecule has 0 saturated carbocycles. The Bertz CT molecular complexity index is 1200. The molecule has 4 rings (SSSR count). The number of nitrogens with one attached hydrogen (secondary N) is 2. The van der Waals surface area contributed by atoms with E-state index < -0.39 is 5.82 Å². The summed E-state index contributed by atoms with van der Waals surface area (Å²) in [6, 6.07) is 16.8. The number of rotatable bonds is 8. The highest BCUT2D eigenvalue weighted by Gasteiger charge is 2.15. The summed E-state index contributed by atoms with van der Waals surface area (Å²) in [4.78, 5) is 29.2. The standard InChI is InChI=1S/C23H21FN4O3/c24-16-7-1-2-8-17(16)27-22(29)15-28-19-10-4-3-9-18(19)26-21(28)12-5-13-25-23(30)20-11-6-14-31-20/h1-4,6-11,14H,5,12-13,15H2,(H,25,30)(H,27,29). The number of benzene rings is 2. The van der Waals surface area contributed by atoms with E-state index in [1.165, 1.54) is 18.4 Å². The molecule has 0 aliphatic heterocycles. The van der Waals surface area contributed by atoms with Crippen LogP contribution in [-0.4, -0.2) is 27.9 Å². The molecule has 0 saturated heterocycles. The summed E-state index contributed by atoms with van der Waals surface area (Å²) >= 11 is 0. The molecule has 2 aromatic heterocycles. The Morgan fingerprint density at radius 2 is 1.84 bits per heavy atom. The third-order valence-corrected chi connectivity index (χ3v) is 4.79. The zero-order chi connectivity index (χ0) is 21.6. The van der Waals surface area contributed by atoms with E-state index in [-0.39, 0.29) is 29.8 Å². The number of fused-ring (bicyclic) bond motifs is 1. The summed E-state index contributed by atoms with van der Waals surface area (Å²) < 4.78 is 20.7. The first-order chi connectivity index (χ1) is 15.1. The van der Waals surface area contributed by atoms with E-state index in [2.05, 4.69) is 15.6 Å². The SMILES string of the molecule is O=C(Cn1c(CCCNC(=O)c2ccco2)nc2ccccc21)Nc1ccccc1F. The maximum Gasteiger partial charge on any atom is 0.286 e. The molecule has 0 aliphatic rings. The van der Waals surface area contributed by atoms with E-state index in [1.807, 2.05) is 28.8 Å². The molecular formula is C23H21FN4O3. The quantitative estimate of drug-likeness (QED) is 0.425. The fraction of sp³-hybridized carbons (Fsp3) is 0.174. The first kappa shape index (κ1) is 20.3. The smallest absolute Gasteiger partial charge is 0.286 e. The van der Waals surface area contributed by atoms with Crippen molar-refractivity contribution in [1.29, 1.82) is 0 Å². The van der Waals surface area contributed by atoms with Gasteiger partial charge in [-0.05, 0) is 42.8 Å². The molecule has 0 atom stereocenters. The lowest BCUT2D eigenvalue weighted by Gasteiger charge is -2.11. The van der Waals surface area contributed by atoms with Crippen LogP contribution in [0.3, 0.4) is 0 Å². The molecule has 31 heavy (non-hydrogen) atoms. The number of carbonyl (C=O) groups is 2. The summed E-state index contributed by atoms with van der Waals surface area (Å²) in [5.41, 5.74) is 1.73. The van der Waals surface area contributed by atoms with Gasteiger partial charge in [0.1, 0.15) is 18.2 Å². The van der Waals surface area contributed by atoms with Crippen molar-refractivity contribution in [3.05, 3.63) is 84.3 Å². The van der Waals surface area contributed by atoms with Gasteiger partial charge in [0, 0.05) is 13.0 Å². The van der Waals surface area contributed by atoms with Crippen molar-refractivity contribution >= 4 is 28.5 Å². The molecule has 0 unspecified atom stereocenters. The van der Waals surface area contributed by atoms with Gasteiger partial charge in [0.05, 0.1) is 23.0 Å². The number of anilines is 1. The number of aromatic nitrogens is 2. The fourth-order valence-electron chi connectivity index (χ4n) is 3.33. The second-order valence-electron chi connectivity index (χ2n) is 6.97. The van der Waals surface area contributed by atoms with E-state index in [0.717, 1.165) is 16.9 Å². The third-order valence-electron chi connectivity index (χ3n) is 4.79. The lowest BCUT2D eigenvalue weighted by atomic mass is 10.2. The van der Waals surface area contributed by atoms with Crippen molar-refractivity contribution in [3.8, 4) is 0 Å². The molecule has 0 aliphatic carbocycles. The van der Waals surface area contributed by atoms with E-state index >= 15 is 0 Å². The van der Waals surface area contributed by atoms with Crippen molar-refractivity contribution in [3.63, 3.8) is 0 Å². The summed E-state index contributed by atoms with van der Waals surface area (Å²) in [7, 11) is 0. The van der Waals surface area contributed by atoms with Gasteiger partial charge < -0.3 is 19.6 Å². The Balaban J connectivity index is 1.43. The molecule has 2 amide bonds. The lowest BCUT2D eigenvalue weighted by molar-refractivity contribution is -0.116. The van der Waals surface area contributed by atoms with Crippen LogP contribution in [-0.2, 0) is 17.8 Å². The molecule has 7 nitrogen and oxygen atoms in total. The molecule has 0 spiro atoms. The molecule has 2 N–H and O–H groups in total. The van der Waals surface area contributed by atoms with Crippen LogP contribution in [0, 0.1) is 5.82 Å². The zero-order valence-electron chi connectivity index (χ0n) is 16.7. The van der Waals surface area contributed by atoms with Crippen LogP contribution in [0.1, 0.15) is 22.8 Å². The van der Waals surface area contributed by atoms with Crippen LogP contribution in [0.2, 0.25) is 0 Å². The fourth-order valence-corrected chi connectivity index (χ4v) is 3.33. The summed E-state index contributed by atoms with van der Waals surface area (Å²) in [6.45, 7) is 0.438. The van der Waals surface area contributed by atoms with Crippen molar-refractivity contribution in [2.45, 2.75) is 19.4 Å². The molecular weight excluding hydrogens is 399 g/mol. The monoisotopic (exact) mass is 420 g/mol. The van der Waals surface area contributed by atoms with Gasteiger partial charge in [-0.15, -0.1) is 0 Å². The highest BCUT2D eigenvalue weighted by Crippen LogP contribution is 2.18. The normalized spacial score (nSPS) is 10.9. The summed E-state index contributed by atoms with van der Waals surface area (Å²) in [6.07, 6.45) is 2.63. The minimum Gasteiger partial charge on any atom is -0.459 e. The van der Waals surface area contributed by atoms with Crippen molar-refractivity contribution in [2.75, 3.05) is 11.9 Å².